The summed E-state index contributed by atoms with van der Waals surface area (Å²) in [6.45, 7) is 1.62. The Labute approximate surface area is 124 Å². The number of hydrogen-bond acceptors (Lipinski definition) is 6. The molecule has 0 unspecified atom stereocenters. The van der Waals surface area contributed by atoms with Gasteiger partial charge in [-0.25, -0.2) is 0 Å². The normalized spacial score (nSPS) is 12.4. The van der Waals surface area contributed by atoms with Gasteiger partial charge in [-0.2, -0.15) is 9.61 Å². The van der Waals surface area contributed by atoms with E-state index in [1.165, 1.54) is 11.8 Å². The second-order valence-electron chi connectivity index (χ2n) is 4.31. The summed E-state index contributed by atoms with van der Waals surface area (Å²) in [6, 6.07) is 7.17. The molecule has 7 nitrogen and oxygen atoms in total. The lowest BCUT2D eigenvalue weighted by atomic mass is 10.3. The van der Waals surface area contributed by atoms with Crippen LogP contribution in [0.5, 0.6) is 0 Å². The number of carbonyl (C=O) groups is 1. The maximum Gasteiger partial charge on any atom is 0.316 e. The fraction of sp³-hybridized carbons (Fsp3) is 0.154. The number of nitrogens with zero attached hydrogens (tertiary/aromatic N) is 5. The molecule has 3 aromatic heterocycles. The van der Waals surface area contributed by atoms with Crippen molar-refractivity contribution < 1.29 is 9.90 Å². The Morgan fingerprint density at radius 1 is 1.33 bits per heavy atom. The molecule has 0 bridgehead atoms. The van der Waals surface area contributed by atoms with Crippen LogP contribution < -0.4 is 0 Å². The molecule has 0 amide bonds. The maximum absolute atomic E-state index is 10.9. The summed E-state index contributed by atoms with van der Waals surface area (Å²) in [4.78, 5) is 15.0. The number of carboxylic acid groups (broad SMARTS) is 1. The van der Waals surface area contributed by atoms with E-state index in [9.17, 15) is 4.79 Å². The molecule has 0 radical (unpaired) electrons. The molecule has 106 valence electrons. The van der Waals surface area contributed by atoms with Crippen LogP contribution in [0.3, 0.4) is 0 Å². The third kappa shape index (κ3) is 2.70. The van der Waals surface area contributed by atoms with Crippen molar-refractivity contribution in [2.75, 3.05) is 0 Å². The topological polar surface area (TPSA) is 93.3 Å². The molecule has 0 aliphatic carbocycles. The minimum absolute atomic E-state index is 0.573. The van der Waals surface area contributed by atoms with Crippen LogP contribution in [0.4, 0.5) is 0 Å². The number of hydrogen-bond donors (Lipinski definition) is 1. The summed E-state index contributed by atoms with van der Waals surface area (Å²) in [5.74, 6) is -0.304. The molecule has 8 heteroatoms. The van der Waals surface area contributed by atoms with Crippen molar-refractivity contribution in [3.8, 4) is 11.4 Å². The summed E-state index contributed by atoms with van der Waals surface area (Å²) >= 11 is 1.17. The first kappa shape index (κ1) is 13.5. The predicted octanol–water partition coefficient (Wildman–Crippen LogP) is 1.75. The zero-order chi connectivity index (χ0) is 14.8. The lowest BCUT2D eigenvalue weighted by molar-refractivity contribution is -0.136. The van der Waals surface area contributed by atoms with E-state index < -0.39 is 11.2 Å². The van der Waals surface area contributed by atoms with Crippen LogP contribution >= 0.6 is 11.8 Å². The number of thioether (sulfide) groups is 1. The van der Waals surface area contributed by atoms with Crippen LogP contribution in [0.1, 0.15) is 6.92 Å². The average Bonchev–Trinajstić information content (AvgIpc) is 2.91. The number of rotatable bonds is 4. The lowest BCUT2D eigenvalue weighted by Gasteiger charge is -2.05. The number of pyridine rings is 1. The number of carboxylic acids is 1. The molecule has 1 atom stereocenters. The first-order valence-corrected chi connectivity index (χ1v) is 7.05. The van der Waals surface area contributed by atoms with Gasteiger partial charge in [0.05, 0.1) is 0 Å². The van der Waals surface area contributed by atoms with E-state index in [1.54, 1.807) is 36.0 Å². The van der Waals surface area contributed by atoms with Crippen molar-refractivity contribution in [1.82, 2.24) is 24.8 Å². The third-order valence-corrected chi connectivity index (χ3v) is 3.82. The highest BCUT2D eigenvalue weighted by atomic mass is 32.2. The Bertz CT molecular complexity index is 790. The molecule has 21 heavy (non-hydrogen) atoms. The maximum atomic E-state index is 10.9. The summed E-state index contributed by atoms with van der Waals surface area (Å²) in [5.41, 5.74) is 1.40. The molecular weight excluding hydrogens is 290 g/mol. The molecule has 0 saturated heterocycles. The Morgan fingerprint density at radius 3 is 2.90 bits per heavy atom. The van der Waals surface area contributed by atoms with E-state index in [2.05, 4.69) is 20.3 Å². The first-order valence-electron chi connectivity index (χ1n) is 6.17. The number of aliphatic carboxylic acids is 1. The fourth-order valence-electron chi connectivity index (χ4n) is 1.74. The molecule has 0 aromatic carbocycles. The van der Waals surface area contributed by atoms with Crippen molar-refractivity contribution >= 4 is 23.4 Å². The van der Waals surface area contributed by atoms with E-state index in [0.29, 0.717) is 16.5 Å². The van der Waals surface area contributed by atoms with Gasteiger partial charge in [-0.3, -0.25) is 9.78 Å². The van der Waals surface area contributed by atoms with Crippen molar-refractivity contribution in [2.24, 2.45) is 0 Å². The minimum atomic E-state index is -0.877. The largest absolute Gasteiger partial charge is 0.480 e. The smallest absolute Gasteiger partial charge is 0.316 e. The van der Waals surface area contributed by atoms with Gasteiger partial charge in [0.15, 0.2) is 11.5 Å². The summed E-state index contributed by atoms with van der Waals surface area (Å²) in [7, 11) is 0. The van der Waals surface area contributed by atoms with E-state index >= 15 is 0 Å². The van der Waals surface area contributed by atoms with Crippen molar-refractivity contribution in [3.63, 3.8) is 0 Å². The van der Waals surface area contributed by atoms with Gasteiger partial charge in [-0.15, -0.1) is 10.2 Å². The van der Waals surface area contributed by atoms with Crippen molar-refractivity contribution in [1.29, 1.82) is 0 Å². The Kier molecular flexibility index (Phi) is 3.53. The molecule has 3 aromatic rings. The molecular formula is C13H11N5O2S. The molecule has 0 spiro atoms. The zero-order valence-corrected chi connectivity index (χ0v) is 11.9. The molecule has 0 saturated carbocycles. The van der Waals surface area contributed by atoms with Gasteiger partial charge < -0.3 is 5.11 Å². The molecule has 3 heterocycles. The van der Waals surface area contributed by atoms with E-state index in [1.807, 2.05) is 12.1 Å². The van der Waals surface area contributed by atoms with E-state index in [4.69, 9.17) is 5.11 Å². The van der Waals surface area contributed by atoms with Gasteiger partial charge >= 0.3 is 5.97 Å². The molecule has 1 N–H and O–H groups in total. The minimum Gasteiger partial charge on any atom is -0.480 e. The second-order valence-corrected chi connectivity index (χ2v) is 5.67. The van der Waals surface area contributed by atoms with Crippen LogP contribution in [0.15, 0.2) is 41.7 Å². The second kappa shape index (κ2) is 5.49. The van der Waals surface area contributed by atoms with Crippen LogP contribution in [0, 0.1) is 0 Å². The summed E-state index contributed by atoms with van der Waals surface area (Å²) in [6.07, 6.45) is 3.35. The van der Waals surface area contributed by atoms with E-state index in [0.717, 1.165) is 5.56 Å². The van der Waals surface area contributed by atoms with Crippen LogP contribution in [0.2, 0.25) is 0 Å². The number of aromatic nitrogens is 5. The Morgan fingerprint density at radius 2 is 2.19 bits per heavy atom. The first-order chi connectivity index (χ1) is 10.1. The third-order valence-electron chi connectivity index (χ3n) is 2.80. The van der Waals surface area contributed by atoms with Gasteiger partial charge in [-0.05, 0) is 31.2 Å². The summed E-state index contributed by atoms with van der Waals surface area (Å²) in [5, 5.41) is 21.5. The highest BCUT2D eigenvalue weighted by Gasteiger charge is 2.15. The van der Waals surface area contributed by atoms with Gasteiger partial charge in [-0.1, -0.05) is 11.8 Å². The predicted molar refractivity (Wildman–Crippen MR) is 77.0 cm³/mol. The van der Waals surface area contributed by atoms with Crippen LogP contribution in [-0.4, -0.2) is 41.1 Å². The van der Waals surface area contributed by atoms with Crippen molar-refractivity contribution in [2.45, 2.75) is 17.2 Å². The average molecular weight is 301 g/mol. The van der Waals surface area contributed by atoms with Gasteiger partial charge in [0, 0.05) is 18.0 Å². The van der Waals surface area contributed by atoms with Gasteiger partial charge in [0.25, 0.3) is 0 Å². The highest BCUT2D eigenvalue weighted by molar-refractivity contribution is 8.00. The molecule has 0 aliphatic heterocycles. The zero-order valence-electron chi connectivity index (χ0n) is 11.0. The Balaban J connectivity index is 2.02. The Hall–Kier alpha value is -2.48. The fourth-order valence-corrected chi connectivity index (χ4v) is 2.48. The molecule has 0 fully saturated rings. The lowest BCUT2D eigenvalue weighted by Crippen LogP contribution is -2.11. The van der Waals surface area contributed by atoms with Crippen molar-refractivity contribution in [3.05, 3.63) is 36.7 Å². The highest BCUT2D eigenvalue weighted by Crippen LogP contribution is 2.23. The van der Waals surface area contributed by atoms with Gasteiger partial charge in [0.2, 0.25) is 0 Å². The summed E-state index contributed by atoms with van der Waals surface area (Å²) < 4.78 is 1.59. The van der Waals surface area contributed by atoms with E-state index in [-0.39, 0.29) is 0 Å². The molecule has 3 rings (SSSR count). The monoisotopic (exact) mass is 301 g/mol. The quantitative estimate of drug-likeness (QED) is 0.734. The standard InChI is InChI=1S/C13H11N5O2S/c1-8(13(19)20)21-11-5-4-10-15-16-12(18(10)17-11)9-3-2-6-14-7-9/h2-8H,1H3,(H,19,20)/t8-/m0/s1. The SMILES string of the molecule is C[C@H](Sc1ccc2nnc(-c3cccnc3)n2n1)C(=O)O. The van der Waals surface area contributed by atoms with Crippen LogP contribution in [0.25, 0.3) is 17.0 Å². The van der Waals surface area contributed by atoms with Gasteiger partial charge in [0.1, 0.15) is 10.3 Å². The number of fused-ring (bicyclic) bond motifs is 1. The van der Waals surface area contributed by atoms with Crippen LogP contribution in [-0.2, 0) is 4.79 Å². The molecule has 0 aliphatic rings.